The lowest BCUT2D eigenvalue weighted by Gasteiger charge is -2.37. The summed E-state index contributed by atoms with van der Waals surface area (Å²) in [6.45, 7) is 10.4. The number of hydrogen-bond acceptors (Lipinski definition) is 12. The van der Waals surface area contributed by atoms with E-state index in [1.54, 1.807) is 0 Å². The zero-order chi connectivity index (χ0) is 27.6. The molecule has 0 aromatic rings. The van der Waals surface area contributed by atoms with Crippen LogP contribution in [0.3, 0.4) is 0 Å². The first-order chi connectivity index (χ1) is 15.8. The van der Waals surface area contributed by atoms with E-state index in [1.807, 2.05) is 41.5 Å². The third-order valence-corrected chi connectivity index (χ3v) is 9.17. The van der Waals surface area contributed by atoms with E-state index in [0.29, 0.717) is 25.7 Å². The highest BCUT2D eigenvalue weighted by Crippen LogP contribution is 2.47. The number of rotatable bonds is 20. The molecule has 0 amide bonds. The molecule has 0 rings (SSSR count). The van der Waals surface area contributed by atoms with Crippen LogP contribution in [0.1, 0.15) is 74.1 Å². The van der Waals surface area contributed by atoms with Crippen molar-refractivity contribution < 1.29 is 55.5 Å². The Morgan fingerprint density at radius 3 is 0.971 bits per heavy atom. The van der Waals surface area contributed by atoms with Crippen molar-refractivity contribution in [2.24, 2.45) is 16.2 Å². The molecule has 0 aromatic carbocycles. The summed E-state index contributed by atoms with van der Waals surface area (Å²) in [6, 6.07) is 0. The molecule has 3 unspecified atom stereocenters. The van der Waals surface area contributed by atoms with Gasteiger partial charge in [0.15, 0.2) is 0 Å². The van der Waals surface area contributed by atoms with E-state index < -0.39 is 48.7 Å². The van der Waals surface area contributed by atoms with Crippen molar-refractivity contribution in [3.63, 3.8) is 0 Å². The van der Waals surface area contributed by atoms with Gasteiger partial charge in [-0.3, -0.25) is 13.7 Å². The summed E-state index contributed by atoms with van der Waals surface area (Å²) in [6.07, 6.45) is 2.69. The highest BCUT2D eigenvalue weighted by atomic mass is 31.2. The van der Waals surface area contributed by atoms with Crippen molar-refractivity contribution in [1.82, 2.24) is 0 Å². The van der Waals surface area contributed by atoms with Crippen LogP contribution in [0.15, 0.2) is 0 Å². The van der Waals surface area contributed by atoms with E-state index in [-0.39, 0.29) is 24.0 Å². The molecule has 0 N–H and O–H groups in total. The van der Waals surface area contributed by atoms with Gasteiger partial charge in [-0.15, -0.1) is 0 Å². The standard InChI is InChI=1S/C20H45O12P3/c1-9-18(5,10-2)13-29-34(23,24)31-16-20(7,15-28-33(21,22)27-8)17-32-35(25,26)30-14-19(6,11-3)12-4/h9-17H2,1-8H3,(H,21,22)(H,23,24)(H,25,26)/p-3. The molecule has 0 fully saturated rings. The van der Waals surface area contributed by atoms with Crippen molar-refractivity contribution in [1.29, 1.82) is 0 Å². The topological polar surface area (TPSA) is 176 Å². The van der Waals surface area contributed by atoms with Gasteiger partial charge in [-0.05, 0) is 36.5 Å². The van der Waals surface area contributed by atoms with Crippen molar-refractivity contribution in [2.75, 3.05) is 40.1 Å². The second-order valence-corrected chi connectivity index (χ2v) is 14.1. The molecule has 0 heterocycles. The van der Waals surface area contributed by atoms with Crippen LogP contribution in [-0.4, -0.2) is 40.1 Å². The van der Waals surface area contributed by atoms with Crippen molar-refractivity contribution in [3.05, 3.63) is 0 Å². The van der Waals surface area contributed by atoms with Crippen LogP contribution < -0.4 is 14.7 Å². The second kappa shape index (κ2) is 14.5. The molecular weight excluding hydrogens is 525 g/mol. The Morgan fingerprint density at radius 1 is 0.514 bits per heavy atom. The lowest BCUT2D eigenvalue weighted by Crippen LogP contribution is -2.36. The zero-order valence-corrected chi connectivity index (χ0v) is 24.8. The van der Waals surface area contributed by atoms with Crippen molar-refractivity contribution >= 4 is 23.5 Å². The minimum absolute atomic E-state index is 0.110. The molecule has 15 heteroatoms. The molecule has 212 valence electrons. The minimum Gasteiger partial charge on any atom is -0.756 e. The normalized spacial score (nSPS) is 20.0. The summed E-state index contributed by atoms with van der Waals surface area (Å²) in [4.78, 5) is 36.3. The molecule has 0 aliphatic carbocycles. The molecule has 0 aromatic heterocycles. The van der Waals surface area contributed by atoms with Crippen LogP contribution in [-0.2, 0) is 40.8 Å². The Labute approximate surface area is 209 Å². The lowest BCUT2D eigenvalue weighted by atomic mass is 9.86. The quantitative estimate of drug-likeness (QED) is 0.195. The smallest absolute Gasteiger partial charge is 0.267 e. The van der Waals surface area contributed by atoms with Gasteiger partial charge in [-0.2, -0.15) is 0 Å². The first-order valence-electron chi connectivity index (χ1n) is 11.6. The van der Waals surface area contributed by atoms with Crippen LogP contribution >= 0.6 is 23.5 Å². The van der Waals surface area contributed by atoms with Gasteiger partial charge in [-0.1, -0.05) is 48.5 Å². The predicted molar refractivity (Wildman–Crippen MR) is 125 cm³/mol. The molecule has 0 spiro atoms. The fourth-order valence-corrected chi connectivity index (χ4v) is 4.94. The second-order valence-electron chi connectivity index (χ2n) is 9.74. The summed E-state index contributed by atoms with van der Waals surface area (Å²) < 4.78 is 65.1. The monoisotopic (exact) mass is 567 g/mol. The average molecular weight is 567 g/mol. The van der Waals surface area contributed by atoms with Crippen LogP contribution in [0.25, 0.3) is 0 Å². The highest BCUT2D eigenvalue weighted by Gasteiger charge is 2.33. The maximum Gasteiger partial charge on any atom is 0.267 e. The maximum absolute atomic E-state index is 12.3. The summed E-state index contributed by atoms with van der Waals surface area (Å²) >= 11 is 0. The Morgan fingerprint density at radius 2 is 0.743 bits per heavy atom. The maximum atomic E-state index is 12.3. The van der Waals surface area contributed by atoms with Crippen LogP contribution in [0.2, 0.25) is 0 Å². The Kier molecular flexibility index (Phi) is 14.6. The van der Waals surface area contributed by atoms with Gasteiger partial charge in [0.05, 0.1) is 33.0 Å². The first-order valence-corrected chi connectivity index (χ1v) is 15.9. The van der Waals surface area contributed by atoms with E-state index in [0.717, 1.165) is 7.11 Å². The van der Waals surface area contributed by atoms with Gasteiger partial charge in [0.1, 0.15) is 0 Å². The van der Waals surface area contributed by atoms with E-state index >= 15 is 0 Å². The summed E-state index contributed by atoms with van der Waals surface area (Å²) in [7, 11) is -13.4. The van der Waals surface area contributed by atoms with Crippen molar-refractivity contribution in [3.8, 4) is 0 Å². The summed E-state index contributed by atoms with van der Waals surface area (Å²) in [5, 5.41) is 0. The molecule has 0 radical (unpaired) electrons. The molecule has 3 atom stereocenters. The van der Waals surface area contributed by atoms with E-state index in [9.17, 15) is 28.4 Å². The third-order valence-electron chi connectivity index (χ3n) is 6.49. The highest BCUT2D eigenvalue weighted by molar-refractivity contribution is 7.46. The molecule has 0 saturated heterocycles. The molecule has 12 nitrogen and oxygen atoms in total. The third kappa shape index (κ3) is 14.2. The average Bonchev–Trinajstić information content (AvgIpc) is 2.83. The van der Waals surface area contributed by atoms with E-state index in [2.05, 4.69) is 4.52 Å². The minimum atomic E-state index is -4.81. The van der Waals surface area contributed by atoms with Crippen LogP contribution in [0.4, 0.5) is 0 Å². The van der Waals surface area contributed by atoms with Gasteiger partial charge >= 0.3 is 0 Å². The number of hydrogen-bond donors (Lipinski definition) is 0. The Bertz CT molecular complexity index is 720. The molecule has 0 aliphatic rings. The fraction of sp³-hybridized carbons (Fsp3) is 1.00. The lowest BCUT2D eigenvalue weighted by molar-refractivity contribution is -0.236. The van der Waals surface area contributed by atoms with Gasteiger partial charge < -0.3 is 41.8 Å². The van der Waals surface area contributed by atoms with Crippen molar-refractivity contribution in [2.45, 2.75) is 74.1 Å². The molecule has 0 aliphatic heterocycles. The molecule has 35 heavy (non-hydrogen) atoms. The van der Waals surface area contributed by atoms with Gasteiger partial charge in [0.2, 0.25) is 0 Å². The summed E-state index contributed by atoms with van der Waals surface area (Å²) in [5.41, 5.74) is -2.32. The largest absolute Gasteiger partial charge is 0.756 e. The zero-order valence-electron chi connectivity index (χ0n) is 22.1. The van der Waals surface area contributed by atoms with Gasteiger partial charge in [0.25, 0.3) is 23.5 Å². The molecular formula is C20H42O12P3-3. The van der Waals surface area contributed by atoms with Crippen LogP contribution in [0.5, 0.6) is 0 Å². The SMILES string of the molecule is CCC(C)(CC)COP(=O)([O-])OCC(C)(COP(=O)([O-])OC)COP(=O)([O-])OCC(C)(CC)CC. The number of phosphoric ester groups is 3. The van der Waals surface area contributed by atoms with Gasteiger partial charge in [-0.25, -0.2) is 0 Å². The first kappa shape index (κ1) is 35.3. The Balaban J connectivity index is 5.36. The van der Waals surface area contributed by atoms with E-state index in [1.165, 1.54) is 6.92 Å². The molecule has 0 bridgehead atoms. The van der Waals surface area contributed by atoms with Crippen LogP contribution in [0, 0.1) is 16.2 Å². The van der Waals surface area contributed by atoms with E-state index in [4.69, 9.17) is 22.6 Å². The van der Waals surface area contributed by atoms with Gasteiger partial charge in [0, 0.05) is 12.5 Å². The molecule has 0 saturated carbocycles. The number of phosphoric acid groups is 3. The fourth-order valence-electron chi connectivity index (χ4n) is 2.33. The summed E-state index contributed by atoms with van der Waals surface area (Å²) in [5.74, 6) is 0. The Hall–Kier alpha value is 0.330. The predicted octanol–water partition coefficient (Wildman–Crippen LogP) is 3.78.